The van der Waals surface area contributed by atoms with Gasteiger partial charge < -0.3 is 10.6 Å². The number of anilines is 1. The lowest BCUT2D eigenvalue weighted by atomic mass is 10.00. The number of rotatable bonds is 2. The minimum Gasteiger partial charge on any atom is -0.369 e. The molecule has 1 atom stereocenters. The largest absolute Gasteiger partial charge is 0.369 e. The Hall–Kier alpha value is -2.36. The molecule has 0 fully saturated rings. The van der Waals surface area contributed by atoms with Crippen LogP contribution in [-0.2, 0) is 0 Å². The highest BCUT2D eigenvalue weighted by Gasteiger charge is 2.29. The quantitative estimate of drug-likeness (QED) is 0.910. The monoisotopic (exact) mass is 269 g/mol. The first-order valence-corrected chi connectivity index (χ1v) is 6.57. The first-order valence-electron chi connectivity index (χ1n) is 6.57. The third-order valence-electron chi connectivity index (χ3n) is 3.62. The zero-order valence-electron chi connectivity index (χ0n) is 11.3. The van der Waals surface area contributed by atoms with Crippen LogP contribution >= 0.6 is 0 Å². The van der Waals surface area contributed by atoms with Crippen LogP contribution in [0, 0.1) is 12.7 Å². The van der Waals surface area contributed by atoms with Crippen molar-refractivity contribution < 1.29 is 4.39 Å². The molecule has 2 aromatic rings. The molecule has 1 aliphatic heterocycles. The van der Waals surface area contributed by atoms with Crippen molar-refractivity contribution in [1.29, 1.82) is 0 Å². The summed E-state index contributed by atoms with van der Waals surface area (Å²) in [6.45, 7) is 2.53. The average molecular weight is 269 g/mol. The molecule has 3 nitrogen and oxygen atoms in total. The van der Waals surface area contributed by atoms with E-state index in [2.05, 4.69) is 4.99 Å². The minimum atomic E-state index is -0.232. The van der Waals surface area contributed by atoms with Gasteiger partial charge in [-0.2, -0.15) is 0 Å². The van der Waals surface area contributed by atoms with Crippen molar-refractivity contribution in [3.05, 3.63) is 65.5 Å². The molecule has 4 heteroatoms. The minimum absolute atomic E-state index is 0.0481. The van der Waals surface area contributed by atoms with Crippen LogP contribution in [0.5, 0.6) is 0 Å². The number of benzene rings is 2. The number of para-hydroxylation sites is 1. The van der Waals surface area contributed by atoms with Crippen LogP contribution in [0.1, 0.15) is 17.2 Å². The van der Waals surface area contributed by atoms with Gasteiger partial charge in [-0.25, -0.2) is 4.39 Å². The summed E-state index contributed by atoms with van der Waals surface area (Å²) in [5.74, 6) is 0.244. The van der Waals surface area contributed by atoms with E-state index in [9.17, 15) is 4.39 Å². The summed E-state index contributed by atoms with van der Waals surface area (Å²) in [6, 6.07) is 14.6. The Labute approximate surface area is 117 Å². The van der Waals surface area contributed by atoms with E-state index in [0.29, 0.717) is 12.5 Å². The molecule has 0 spiro atoms. The highest BCUT2D eigenvalue weighted by molar-refractivity contribution is 5.97. The number of aliphatic imine (C=N–C) groups is 1. The van der Waals surface area contributed by atoms with Crippen molar-refractivity contribution in [2.75, 3.05) is 11.4 Å². The van der Waals surface area contributed by atoms with Crippen LogP contribution in [0.15, 0.2) is 53.5 Å². The van der Waals surface area contributed by atoms with Crippen molar-refractivity contribution >= 4 is 11.6 Å². The molecule has 0 bridgehead atoms. The average Bonchev–Trinajstić information content (AvgIpc) is 2.84. The number of hydrogen-bond donors (Lipinski definition) is 1. The number of aryl methyl sites for hydroxylation is 1. The molecule has 3 rings (SSSR count). The molecule has 0 aromatic heterocycles. The molecule has 0 amide bonds. The van der Waals surface area contributed by atoms with Crippen LogP contribution in [0.2, 0.25) is 0 Å². The van der Waals surface area contributed by atoms with E-state index in [1.165, 1.54) is 6.07 Å². The van der Waals surface area contributed by atoms with Gasteiger partial charge in [0.1, 0.15) is 5.82 Å². The lowest BCUT2D eigenvalue weighted by molar-refractivity contribution is 0.620. The van der Waals surface area contributed by atoms with E-state index in [1.54, 1.807) is 12.1 Å². The number of halogens is 1. The van der Waals surface area contributed by atoms with E-state index < -0.39 is 0 Å². The normalized spacial score (nSPS) is 18.2. The van der Waals surface area contributed by atoms with E-state index >= 15 is 0 Å². The third-order valence-corrected chi connectivity index (χ3v) is 3.62. The van der Waals surface area contributed by atoms with E-state index in [1.807, 2.05) is 42.2 Å². The Balaban J connectivity index is 2.04. The van der Waals surface area contributed by atoms with Gasteiger partial charge in [0.15, 0.2) is 5.96 Å². The first-order chi connectivity index (χ1) is 9.66. The standard InChI is InChI=1S/C16H16FN3/c1-11-7-8-12(17)9-14(11)15-10-19-16(18)20(15)13-5-3-2-4-6-13/h2-9,15H,10H2,1H3,(H2,18,19). The molecular weight excluding hydrogens is 253 g/mol. The lowest BCUT2D eigenvalue weighted by Crippen LogP contribution is -2.36. The molecule has 2 aromatic carbocycles. The number of nitrogens with two attached hydrogens (primary N) is 1. The van der Waals surface area contributed by atoms with Crippen LogP contribution in [0.3, 0.4) is 0 Å². The maximum atomic E-state index is 13.5. The lowest BCUT2D eigenvalue weighted by Gasteiger charge is -2.27. The molecule has 1 heterocycles. The Morgan fingerprint density at radius 1 is 1.20 bits per heavy atom. The highest BCUT2D eigenvalue weighted by Crippen LogP contribution is 2.32. The molecule has 0 saturated carbocycles. The van der Waals surface area contributed by atoms with E-state index in [4.69, 9.17) is 5.73 Å². The van der Waals surface area contributed by atoms with Gasteiger partial charge in [0.2, 0.25) is 0 Å². The van der Waals surface area contributed by atoms with Crippen molar-refractivity contribution in [1.82, 2.24) is 0 Å². The van der Waals surface area contributed by atoms with E-state index in [-0.39, 0.29) is 11.9 Å². The summed E-state index contributed by atoms with van der Waals surface area (Å²) in [4.78, 5) is 6.28. The first kappa shape index (κ1) is 12.7. The van der Waals surface area contributed by atoms with Crippen molar-refractivity contribution in [3.8, 4) is 0 Å². The van der Waals surface area contributed by atoms with Crippen molar-refractivity contribution in [2.24, 2.45) is 10.7 Å². The van der Waals surface area contributed by atoms with Crippen molar-refractivity contribution in [2.45, 2.75) is 13.0 Å². The Bertz CT molecular complexity index is 652. The summed E-state index contributed by atoms with van der Waals surface area (Å²) in [7, 11) is 0. The van der Waals surface area contributed by atoms with E-state index in [0.717, 1.165) is 16.8 Å². The van der Waals surface area contributed by atoms with Gasteiger partial charge in [0.25, 0.3) is 0 Å². The molecule has 20 heavy (non-hydrogen) atoms. The Kier molecular flexibility index (Phi) is 3.14. The second kappa shape index (κ2) is 4.96. The molecule has 1 aliphatic rings. The number of hydrogen-bond acceptors (Lipinski definition) is 3. The summed E-state index contributed by atoms with van der Waals surface area (Å²) < 4.78 is 13.5. The molecule has 102 valence electrons. The smallest absolute Gasteiger partial charge is 0.196 e. The zero-order valence-corrected chi connectivity index (χ0v) is 11.3. The predicted octanol–water partition coefficient (Wildman–Crippen LogP) is 3.01. The molecule has 0 aliphatic carbocycles. The summed E-state index contributed by atoms with van der Waals surface area (Å²) >= 11 is 0. The summed E-state index contributed by atoms with van der Waals surface area (Å²) in [5.41, 5.74) is 8.95. The molecular formula is C16H16FN3. The topological polar surface area (TPSA) is 41.6 Å². The van der Waals surface area contributed by atoms with Crippen molar-refractivity contribution in [3.63, 3.8) is 0 Å². The maximum Gasteiger partial charge on any atom is 0.196 e. The Morgan fingerprint density at radius 3 is 2.70 bits per heavy atom. The van der Waals surface area contributed by atoms with Gasteiger partial charge in [0, 0.05) is 5.69 Å². The fourth-order valence-corrected chi connectivity index (χ4v) is 2.61. The molecule has 0 radical (unpaired) electrons. The van der Waals surface area contributed by atoms with Gasteiger partial charge in [-0.15, -0.1) is 0 Å². The van der Waals surface area contributed by atoms with Crippen LogP contribution in [-0.4, -0.2) is 12.5 Å². The van der Waals surface area contributed by atoms with Gasteiger partial charge in [-0.1, -0.05) is 24.3 Å². The molecule has 0 saturated heterocycles. The fourth-order valence-electron chi connectivity index (χ4n) is 2.61. The summed E-state index contributed by atoms with van der Waals surface area (Å²) in [6.07, 6.45) is 0. The SMILES string of the molecule is Cc1ccc(F)cc1C1CN=C(N)N1c1ccccc1. The van der Waals surface area contributed by atoms with Crippen LogP contribution in [0.25, 0.3) is 0 Å². The Morgan fingerprint density at radius 2 is 1.95 bits per heavy atom. The zero-order chi connectivity index (χ0) is 14.1. The second-order valence-corrected chi connectivity index (χ2v) is 4.92. The number of nitrogens with zero attached hydrogens (tertiary/aromatic N) is 2. The van der Waals surface area contributed by atoms with Gasteiger partial charge in [0.05, 0.1) is 12.6 Å². The van der Waals surface area contributed by atoms with Gasteiger partial charge in [-0.3, -0.25) is 4.99 Å². The van der Waals surface area contributed by atoms with Gasteiger partial charge >= 0.3 is 0 Å². The highest BCUT2D eigenvalue weighted by atomic mass is 19.1. The van der Waals surface area contributed by atoms with Crippen LogP contribution in [0.4, 0.5) is 10.1 Å². The fraction of sp³-hybridized carbons (Fsp3) is 0.188. The second-order valence-electron chi connectivity index (χ2n) is 4.92. The molecule has 2 N–H and O–H groups in total. The van der Waals surface area contributed by atoms with Crippen LogP contribution < -0.4 is 10.6 Å². The van der Waals surface area contributed by atoms with Gasteiger partial charge in [-0.05, 0) is 42.3 Å². The maximum absolute atomic E-state index is 13.5. The summed E-state index contributed by atoms with van der Waals surface area (Å²) in [5, 5.41) is 0. The third kappa shape index (κ3) is 2.13. The predicted molar refractivity (Wildman–Crippen MR) is 79.3 cm³/mol. The number of guanidine groups is 1. The molecule has 1 unspecified atom stereocenters.